The van der Waals surface area contributed by atoms with E-state index in [-0.39, 0.29) is 0 Å². The van der Waals surface area contributed by atoms with Crippen LogP contribution in [0.25, 0.3) is 11.2 Å². The normalized spacial score (nSPS) is 10.8. The largest absolute Gasteiger partial charge is 0.368 e. The molecule has 0 atom stereocenters. The van der Waals surface area contributed by atoms with E-state index in [0.29, 0.717) is 5.65 Å². The predicted octanol–water partition coefficient (Wildman–Crippen LogP) is 2.32. The average Bonchev–Trinajstić information content (AvgIpc) is 2.90. The lowest BCUT2D eigenvalue weighted by Gasteiger charge is -2.06. The molecule has 3 rings (SSSR count). The van der Waals surface area contributed by atoms with Crippen molar-refractivity contribution in [3.05, 3.63) is 48.0 Å². The number of aromatic nitrogens is 4. The molecule has 3 aromatic rings. The summed E-state index contributed by atoms with van der Waals surface area (Å²) in [6, 6.07) is 8.58. The first-order valence-corrected chi connectivity index (χ1v) is 6.26. The van der Waals surface area contributed by atoms with Crippen LogP contribution in [0.5, 0.6) is 0 Å². The molecule has 0 aliphatic carbocycles. The van der Waals surface area contributed by atoms with Gasteiger partial charge in [0.1, 0.15) is 11.8 Å². The van der Waals surface area contributed by atoms with Gasteiger partial charge in [0.25, 0.3) is 0 Å². The van der Waals surface area contributed by atoms with Crippen molar-refractivity contribution in [1.29, 1.82) is 0 Å². The molecule has 5 heteroatoms. The van der Waals surface area contributed by atoms with Crippen LogP contribution in [0.1, 0.15) is 11.1 Å². The van der Waals surface area contributed by atoms with Gasteiger partial charge in [-0.3, -0.25) is 0 Å². The molecule has 96 valence electrons. The van der Waals surface area contributed by atoms with Crippen molar-refractivity contribution < 1.29 is 0 Å². The van der Waals surface area contributed by atoms with Crippen LogP contribution in [0.4, 0.5) is 5.82 Å². The van der Waals surface area contributed by atoms with Crippen LogP contribution in [0, 0.1) is 6.92 Å². The van der Waals surface area contributed by atoms with Crippen molar-refractivity contribution in [2.24, 2.45) is 0 Å². The Balaban J connectivity index is 1.66. The second kappa shape index (κ2) is 5.06. The van der Waals surface area contributed by atoms with Crippen molar-refractivity contribution in [1.82, 2.24) is 19.9 Å². The zero-order valence-corrected chi connectivity index (χ0v) is 10.7. The number of anilines is 1. The molecule has 1 aromatic carbocycles. The van der Waals surface area contributed by atoms with Gasteiger partial charge < -0.3 is 10.3 Å². The van der Waals surface area contributed by atoms with E-state index >= 15 is 0 Å². The maximum Gasteiger partial charge on any atom is 0.182 e. The summed E-state index contributed by atoms with van der Waals surface area (Å²) in [6.07, 6.45) is 4.11. The Kier molecular flexibility index (Phi) is 3.10. The van der Waals surface area contributed by atoms with E-state index in [1.54, 1.807) is 6.33 Å². The molecule has 0 amide bonds. The maximum absolute atomic E-state index is 4.23. The third kappa shape index (κ3) is 2.54. The Labute approximate surface area is 111 Å². The molecule has 2 aromatic heterocycles. The van der Waals surface area contributed by atoms with Crippen LogP contribution in [-0.4, -0.2) is 26.5 Å². The fraction of sp³-hybridized carbons (Fsp3) is 0.214. The first kappa shape index (κ1) is 11.6. The van der Waals surface area contributed by atoms with Crippen molar-refractivity contribution in [3.8, 4) is 0 Å². The zero-order valence-electron chi connectivity index (χ0n) is 10.7. The van der Waals surface area contributed by atoms with Gasteiger partial charge in [0.15, 0.2) is 11.5 Å². The minimum absolute atomic E-state index is 0.688. The lowest BCUT2D eigenvalue weighted by atomic mass is 10.1. The first-order chi connectivity index (χ1) is 9.33. The number of H-pyrrole nitrogens is 1. The van der Waals surface area contributed by atoms with Crippen molar-refractivity contribution >= 4 is 17.0 Å². The number of hydrogen-bond acceptors (Lipinski definition) is 4. The summed E-state index contributed by atoms with van der Waals surface area (Å²) in [5.74, 6) is 0.801. The summed E-state index contributed by atoms with van der Waals surface area (Å²) in [6.45, 7) is 2.92. The van der Waals surface area contributed by atoms with E-state index < -0.39 is 0 Å². The van der Waals surface area contributed by atoms with Crippen molar-refractivity contribution in [2.45, 2.75) is 13.3 Å². The molecular weight excluding hydrogens is 238 g/mol. The maximum atomic E-state index is 4.23. The number of rotatable bonds is 4. The van der Waals surface area contributed by atoms with E-state index in [1.807, 2.05) is 0 Å². The summed E-state index contributed by atoms with van der Waals surface area (Å²) in [7, 11) is 0. The van der Waals surface area contributed by atoms with Gasteiger partial charge in [0, 0.05) is 6.54 Å². The quantitative estimate of drug-likeness (QED) is 0.748. The Morgan fingerprint density at radius 1 is 1.11 bits per heavy atom. The number of aromatic amines is 1. The number of imidazole rings is 1. The highest BCUT2D eigenvalue weighted by Crippen LogP contribution is 2.14. The van der Waals surface area contributed by atoms with E-state index in [4.69, 9.17) is 0 Å². The summed E-state index contributed by atoms with van der Waals surface area (Å²) in [5, 5.41) is 3.31. The molecule has 2 N–H and O–H groups in total. The van der Waals surface area contributed by atoms with Crippen LogP contribution in [0.15, 0.2) is 36.9 Å². The zero-order chi connectivity index (χ0) is 13.1. The molecule has 0 fully saturated rings. The monoisotopic (exact) mass is 253 g/mol. The lowest BCUT2D eigenvalue weighted by Crippen LogP contribution is -2.07. The summed E-state index contributed by atoms with van der Waals surface area (Å²) < 4.78 is 0. The van der Waals surface area contributed by atoms with E-state index in [1.165, 1.54) is 17.5 Å². The number of aryl methyl sites for hydroxylation is 1. The number of nitrogens with one attached hydrogen (secondary N) is 2. The second-order valence-corrected chi connectivity index (χ2v) is 4.49. The van der Waals surface area contributed by atoms with Gasteiger partial charge in [-0.2, -0.15) is 0 Å². The summed E-state index contributed by atoms with van der Waals surface area (Å²) in [4.78, 5) is 15.5. The Bertz CT molecular complexity index is 672. The molecule has 0 aliphatic heterocycles. The molecule has 0 bridgehead atoms. The van der Waals surface area contributed by atoms with Gasteiger partial charge in [-0.15, -0.1) is 0 Å². The fourth-order valence-electron chi connectivity index (χ4n) is 1.98. The topological polar surface area (TPSA) is 66.5 Å². The van der Waals surface area contributed by atoms with Crippen LogP contribution in [0.3, 0.4) is 0 Å². The number of nitrogens with zero attached hydrogens (tertiary/aromatic N) is 3. The molecule has 0 saturated carbocycles. The van der Waals surface area contributed by atoms with Crippen molar-refractivity contribution in [3.63, 3.8) is 0 Å². The van der Waals surface area contributed by atoms with E-state index in [2.05, 4.69) is 56.4 Å². The number of hydrogen-bond donors (Lipinski definition) is 2. The molecule has 0 radical (unpaired) electrons. The Morgan fingerprint density at radius 2 is 1.95 bits per heavy atom. The third-order valence-electron chi connectivity index (χ3n) is 3.05. The standard InChI is InChI=1S/C14H15N5/c1-10-2-4-11(5-3-10)6-7-15-13-12-14(17-8-16-12)19-9-18-13/h2-5,8-9H,6-7H2,1H3,(H2,15,16,17,18,19). The summed E-state index contributed by atoms with van der Waals surface area (Å²) >= 11 is 0. The Hall–Kier alpha value is -2.43. The first-order valence-electron chi connectivity index (χ1n) is 6.26. The number of fused-ring (bicyclic) bond motifs is 1. The van der Waals surface area contributed by atoms with Crippen LogP contribution in [0.2, 0.25) is 0 Å². The SMILES string of the molecule is Cc1ccc(CCNc2ncnc3nc[nH]c23)cc1. The smallest absolute Gasteiger partial charge is 0.182 e. The minimum atomic E-state index is 0.688. The molecule has 5 nitrogen and oxygen atoms in total. The van der Waals surface area contributed by atoms with E-state index in [9.17, 15) is 0 Å². The second-order valence-electron chi connectivity index (χ2n) is 4.49. The van der Waals surface area contributed by atoms with Crippen LogP contribution >= 0.6 is 0 Å². The highest BCUT2D eigenvalue weighted by molar-refractivity contribution is 5.81. The predicted molar refractivity (Wildman–Crippen MR) is 75.1 cm³/mol. The molecule has 0 unspecified atom stereocenters. The molecule has 0 aliphatic rings. The fourth-order valence-corrected chi connectivity index (χ4v) is 1.98. The molecule has 0 saturated heterocycles. The van der Waals surface area contributed by atoms with Crippen LogP contribution in [-0.2, 0) is 6.42 Å². The van der Waals surface area contributed by atoms with Gasteiger partial charge in [-0.05, 0) is 18.9 Å². The molecule has 0 spiro atoms. The molecular formula is C14H15N5. The highest BCUT2D eigenvalue weighted by atomic mass is 15.1. The number of benzene rings is 1. The Morgan fingerprint density at radius 3 is 2.79 bits per heavy atom. The van der Waals surface area contributed by atoms with Crippen LogP contribution < -0.4 is 5.32 Å². The van der Waals surface area contributed by atoms with E-state index in [0.717, 1.165) is 24.3 Å². The van der Waals surface area contributed by atoms with Crippen molar-refractivity contribution in [2.75, 3.05) is 11.9 Å². The average molecular weight is 253 g/mol. The van der Waals surface area contributed by atoms with Gasteiger partial charge in [-0.25, -0.2) is 15.0 Å². The third-order valence-corrected chi connectivity index (χ3v) is 3.05. The summed E-state index contributed by atoms with van der Waals surface area (Å²) in [5.41, 5.74) is 4.14. The highest BCUT2D eigenvalue weighted by Gasteiger charge is 2.04. The molecule has 19 heavy (non-hydrogen) atoms. The van der Waals surface area contributed by atoms with Gasteiger partial charge in [0.05, 0.1) is 6.33 Å². The van der Waals surface area contributed by atoms with Gasteiger partial charge >= 0.3 is 0 Å². The minimum Gasteiger partial charge on any atom is -0.368 e. The van der Waals surface area contributed by atoms with Gasteiger partial charge in [-0.1, -0.05) is 29.8 Å². The molecule has 2 heterocycles. The van der Waals surface area contributed by atoms with Gasteiger partial charge in [0.2, 0.25) is 0 Å². The lowest BCUT2D eigenvalue weighted by molar-refractivity contribution is 1.00.